The number of halogens is 1. The largest absolute Gasteiger partial charge is 0.388 e. The number of guanidine groups is 1. The Balaban J connectivity index is 0.00000361. The molecule has 0 aromatic rings. The van der Waals surface area contributed by atoms with Gasteiger partial charge in [0.05, 0.1) is 12.1 Å². The van der Waals surface area contributed by atoms with E-state index in [0.717, 1.165) is 25.5 Å². The summed E-state index contributed by atoms with van der Waals surface area (Å²) < 4.78 is 5.29. The molecule has 20 heavy (non-hydrogen) atoms. The summed E-state index contributed by atoms with van der Waals surface area (Å²) in [6.45, 7) is 7.80. The lowest BCUT2D eigenvalue weighted by molar-refractivity contribution is -0.0566. The zero-order chi connectivity index (χ0) is 14.1. The Morgan fingerprint density at radius 2 is 2.00 bits per heavy atom. The van der Waals surface area contributed by atoms with Gasteiger partial charge in [-0.25, -0.2) is 0 Å². The van der Waals surface area contributed by atoms with E-state index in [1.807, 2.05) is 7.05 Å². The molecule has 0 aromatic carbocycles. The van der Waals surface area contributed by atoms with Crippen molar-refractivity contribution in [3.05, 3.63) is 0 Å². The molecule has 1 rings (SSSR count). The minimum Gasteiger partial charge on any atom is -0.388 e. The Morgan fingerprint density at radius 1 is 1.35 bits per heavy atom. The zero-order valence-electron chi connectivity index (χ0n) is 13.0. The van der Waals surface area contributed by atoms with Crippen LogP contribution in [0, 0.1) is 0 Å². The van der Waals surface area contributed by atoms with Gasteiger partial charge in [-0.1, -0.05) is 13.3 Å². The average Bonchev–Trinajstić information content (AvgIpc) is 2.41. The van der Waals surface area contributed by atoms with Crippen molar-refractivity contribution in [1.82, 2.24) is 10.2 Å². The standard InChI is InChI=1S/C14H29N3O2.HI/c1-4-6-9-17(3)13(15-5-2)16-12-14(18)7-10-19-11-8-14;/h18H,4-12H2,1-3H3,(H,15,16);1H. The quantitative estimate of drug-likeness (QED) is 0.407. The third-order valence-corrected chi connectivity index (χ3v) is 3.49. The predicted octanol–water partition coefficient (Wildman–Crippen LogP) is 1.84. The minimum absolute atomic E-state index is 0. The van der Waals surface area contributed by atoms with E-state index in [9.17, 15) is 5.11 Å². The van der Waals surface area contributed by atoms with E-state index >= 15 is 0 Å². The van der Waals surface area contributed by atoms with Crippen LogP contribution in [0.3, 0.4) is 0 Å². The highest BCUT2D eigenvalue weighted by Gasteiger charge is 2.29. The van der Waals surface area contributed by atoms with Gasteiger partial charge >= 0.3 is 0 Å². The fourth-order valence-electron chi connectivity index (χ4n) is 2.10. The van der Waals surface area contributed by atoms with Gasteiger partial charge in [0.25, 0.3) is 0 Å². The first-order valence-electron chi connectivity index (χ1n) is 7.41. The van der Waals surface area contributed by atoms with Crippen molar-refractivity contribution in [2.24, 2.45) is 4.99 Å². The van der Waals surface area contributed by atoms with Gasteiger partial charge in [-0.2, -0.15) is 0 Å². The summed E-state index contributed by atoms with van der Waals surface area (Å²) in [5.41, 5.74) is -0.690. The summed E-state index contributed by atoms with van der Waals surface area (Å²) in [6.07, 6.45) is 3.67. The molecule has 1 saturated heterocycles. The van der Waals surface area contributed by atoms with E-state index in [-0.39, 0.29) is 24.0 Å². The van der Waals surface area contributed by atoms with Crippen LogP contribution in [-0.2, 0) is 4.74 Å². The first kappa shape index (κ1) is 19.9. The number of unbranched alkanes of at least 4 members (excludes halogenated alkanes) is 1. The second-order valence-electron chi connectivity index (χ2n) is 5.28. The molecule has 2 N–H and O–H groups in total. The third-order valence-electron chi connectivity index (χ3n) is 3.49. The van der Waals surface area contributed by atoms with E-state index in [1.54, 1.807) is 0 Å². The van der Waals surface area contributed by atoms with Gasteiger partial charge in [0, 0.05) is 46.2 Å². The number of aliphatic imine (C=N–C) groups is 1. The monoisotopic (exact) mass is 399 g/mol. The second-order valence-corrected chi connectivity index (χ2v) is 5.28. The van der Waals surface area contributed by atoms with Gasteiger partial charge in [0.15, 0.2) is 5.96 Å². The second kappa shape index (κ2) is 10.6. The molecule has 6 heteroatoms. The van der Waals surface area contributed by atoms with Crippen LogP contribution < -0.4 is 5.32 Å². The van der Waals surface area contributed by atoms with Gasteiger partial charge < -0.3 is 20.1 Å². The maximum absolute atomic E-state index is 10.4. The number of hydrogen-bond acceptors (Lipinski definition) is 3. The van der Waals surface area contributed by atoms with Gasteiger partial charge in [-0.05, 0) is 13.3 Å². The number of hydrogen-bond donors (Lipinski definition) is 2. The van der Waals surface area contributed by atoms with Crippen LogP contribution >= 0.6 is 24.0 Å². The Kier molecular flexibility index (Phi) is 10.6. The molecular formula is C14H30IN3O2. The van der Waals surface area contributed by atoms with Crippen LogP contribution in [-0.4, -0.2) is 61.5 Å². The Bertz CT molecular complexity index is 282. The molecule has 0 radical (unpaired) electrons. The smallest absolute Gasteiger partial charge is 0.193 e. The number of nitrogens with one attached hydrogen (secondary N) is 1. The molecule has 5 nitrogen and oxygen atoms in total. The summed E-state index contributed by atoms with van der Waals surface area (Å²) in [7, 11) is 2.05. The SMILES string of the molecule is CCCCN(C)C(=NCC1(O)CCOCC1)NCC.I. The molecule has 1 fully saturated rings. The van der Waals surface area contributed by atoms with Crippen molar-refractivity contribution < 1.29 is 9.84 Å². The highest BCUT2D eigenvalue weighted by atomic mass is 127. The number of nitrogens with zero attached hydrogens (tertiary/aromatic N) is 2. The molecule has 0 atom stereocenters. The summed E-state index contributed by atoms with van der Waals surface area (Å²) in [4.78, 5) is 6.72. The first-order chi connectivity index (χ1) is 9.11. The lowest BCUT2D eigenvalue weighted by Gasteiger charge is -2.31. The molecule has 0 unspecified atom stereocenters. The van der Waals surface area contributed by atoms with Crippen molar-refractivity contribution in [2.45, 2.75) is 45.1 Å². The van der Waals surface area contributed by atoms with Crippen LogP contribution in [0.1, 0.15) is 39.5 Å². The van der Waals surface area contributed by atoms with Crippen molar-refractivity contribution in [2.75, 3.05) is 39.9 Å². The number of aliphatic hydroxyl groups is 1. The molecular weight excluding hydrogens is 369 g/mol. The van der Waals surface area contributed by atoms with Gasteiger partial charge in [0.2, 0.25) is 0 Å². The summed E-state index contributed by atoms with van der Waals surface area (Å²) >= 11 is 0. The van der Waals surface area contributed by atoms with Crippen LogP contribution in [0.5, 0.6) is 0 Å². The molecule has 120 valence electrons. The van der Waals surface area contributed by atoms with Crippen molar-refractivity contribution in [3.63, 3.8) is 0 Å². The highest BCUT2D eigenvalue weighted by Crippen LogP contribution is 2.20. The van der Waals surface area contributed by atoms with E-state index in [4.69, 9.17) is 4.74 Å². The topological polar surface area (TPSA) is 57.1 Å². The molecule has 1 aliphatic heterocycles. The van der Waals surface area contributed by atoms with E-state index in [1.165, 1.54) is 6.42 Å². The summed E-state index contributed by atoms with van der Waals surface area (Å²) in [5, 5.41) is 13.7. The fraction of sp³-hybridized carbons (Fsp3) is 0.929. The fourth-order valence-corrected chi connectivity index (χ4v) is 2.10. The average molecular weight is 399 g/mol. The van der Waals surface area contributed by atoms with Crippen LogP contribution in [0.25, 0.3) is 0 Å². The summed E-state index contributed by atoms with van der Waals surface area (Å²) in [5.74, 6) is 0.885. The predicted molar refractivity (Wildman–Crippen MR) is 93.9 cm³/mol. The Morgan fingerprint density at radius 3 is 2.55 bits per heavy atom. The molecule has 0 amide bonds. The maximum Gasteiger partial charge on any atom is 0.193 e. The van der Waals surface area contributed by atoms with Gasteiger partial charge in [0.1, 0.15) is 0 Å². The molecule has 0 bridgehead atoms. The molecule has 0 aromatic heterocycles. The lowest BCUT2D eigenvalue weighted by Crippen LogP contribution is -2.43. The van der Waals surface area contributed by atoms with Crippen molar-refractivity contribution in [3.8, 4) is 0 Å². The zero-order valence-corrected chi connectivity index (χ0v) is 15.4. The van der Waals surface area contributed by atoms with Crippen LogP contribution in [0.15, 0.2) is 4.99 Å². The van der Waals surface area contributed by atoms with E-state index in [2.05, 4.69) is 29.1 Å². The van der Waals surface area contributed by atoms with E-state index in [0.29, 0.717) is 32.6 Å². The lowest BCUT2D eigenvalue weighted by atomic mass is 9.95. The van der Waals surface area contributed by atoms with Gasteiger partial charge in [-0.15, -0.1) is 24.0 Å². The van der Waals surface area contributed by atoms with Gasteiger partial charge in [-0.3, -0.25) is 4.99 Å². The summed E-state index contributed by atoms with van der Waals surface area (Å²) in [6, 6.07) is 0. The van der Waals surface area contributed by atoms with E-state index < -0.39 is 5.60 Å². The Labute approximate surface area is 140 Å². The van der Waals surface area contributed by atoms with Crippen LogP contribution in [0.4, 0.5) is 0 Å². The first-order valence-corrected chi connectivity index (χ1v) is 7.41. The number of ether oxygens (including phenoxy) is 1. The molecule has 0 spiro atoms. The molecule has 1 heterocycles. The molecule has 1 aliphatic rings. The maximum atomic E-state index is 10.4. The normalized spacial score (nSPS) is 18.3. The third kappa shape index (κ3) is 7.08. The Hall–Kier alpha value is -0.0800. The highest BCUT2D eigenvalue weighted by molar-refractivity contribution is 14.0. The van der Waals surface area contributed by atoms with Crippen molar-refractivity contribution >= 4 is 29.9 Å². The molecule has 0 saturated carbocycles. The molecule has 0 aliphatic carbocycles. The number of rotatable bonds is 6. The van der Waals surface area contributed by atoms with Crippen LogP contribution in [0.2, 0.25) is 0 Å². The minimum atomic E-state index is -0.690. The van der Waals surface area contributed by atoms with Crippen molar-refractivity contribution in [1.29, 1.82) is 0 Å².